The van der Waals surface area contributed by atoms with E-state index in [9.17, 15) is 9.59 Å². The van der Waals surface area contributed by atoms with Crippen molar-refractivity contribution in [1.82, 2.24) is 5.32 Å². The number of hydrogen-bond donors (Lipinski definition) is 2. The molecule has 104 valence electrons. The summed E-state index contributed by atoms with van der Waals surface area (Å²) in [7, 11) is 0. The van der Waals surface area contributed by atoms with E-state index in [2.05, 4.69) is 5.32 Å². The summed E-state index contributed by atoms with van der Waals surface area (Å²) in [6.07, 6.45) is 1.91. The van der Waals surface area contributed by atoms with Crippen LogP contribution in [0.3, 0.4) is 0 Å². The molecule has 3 N–H and O–H groups in total. The molecule has 0 heterocycles. The van der Waals surface area contributed by atoms with Crippen LogP contribution in [-0.2, 0) is 9.53 Å². The first kappa shape index (κ1) is 15.0. The predicted molar refractivity (Wildman–Crippen MR) is 73.8 cm³/mol. The van der Waals surface area contributed by atoms with Gasteiger partial charge in [-0.3, -0.25) is 4.79 Å². The Morgan fingerprint density at radius 1 is 1.37 bits per heavy atom. The second-order valence-corrected chi connectivity index (χ2v) is 4.35. The van der Waals surface area contributed by atoms with Gasteiger partial charge in [0.1, 0.15) is 0 Å². The Morgan fingerprint density at radius 3 is 2.74 bits per heavy atom. The fraction of sp³-hybridized carbons (Fsp3) is 0.429. The Balaban J connectivity index is 2.42. The molecule has 0 bridgehead atoms. The van der Waals surface area contributed by atoms with Crippen molar-refractivity contribution in [3.8, 4) is 0 Å². The first-order valence-corrected chi connectivity index (χ1v) is 6.34. The molecule has 1 rings (SSSR count). The van der Waals surface area contributed by atoms with Crippen molar-refractivity contribution >= 4 is 17.6 Å². The highest BCUT2D eigenvalue weighted by molar-refractivity contribution is 5.92. The molecule has 0 aliphatic carbocycles. The van der Waals surface area contributed by atoms with Gasteiger partial charge < -0.3 is 15.8 Å². The van der Waals surface area contributed by atoms with Gasteiger partial charge in [-0.05, 0) is 31.0 Å². The van der Waals surface area contributed by atoms with E-state index in [1.54, 1.807) is 18.2 Å². The standard InChI is InChI=1S/C14H20N2O3/c1-3-4-7-16-13(17)9-19-14(18)11-6-5-10(2)12(15)8-11/h5-6,8H,3-4,7,9,15H2,1-2H3,(H,16,17). The molecular weight excluding hydrogens is 244 g/mol. The smallest absolute Gasteiger partial charge is 0.338 e. The summed E-state index contributed by atoms with van der Waals surface area (Å²) in [6, 6.07) is 4.92. The SMILES string of the molecule is CCCCNC(=O)COC(=O)c1ccc(C)c(N)c1. The van der Waals surface area contributed by atoms with Gasteiger partial charge in [-0.2, -0.15) is 0 Å². The summed E-state index contributed by atoms with van der Waals surface area (Å²) in [5.41, 5.74) is 7.49. The molecule has 0 radical (unpaired) electrons. The number of amides is 1. The topological polar surface area (TPSA) is 81.4 Å². The normalized spacial score (nSPS) is 10.0. The van der Waals surface area contributed by atoms with E-state index in [1.807, 2.05) is 13.8 Å². The molecule has 0 saturated heterocycles. The average Bonchev–Trinajstić information content (AvgIpc) is 2.39. The number of aryl methyl sites for hydroxylation is 1. The molecule has 0 atom stereocenters. The molecule has 0 aromatic heterocycles. The zero-order chi connectivity index (χ0) is 14.3. The number of carbonyl (C=O) groups is 2. The molecule has 0 spiro atoms. The van der Waals surface area contributed by atoms with Crippen LogP contribution in [0, 0.1) is 6.92 Å². The van der Waals surface area contributed by atoms with E-state index < -0.39 is 5.97 Å². The highest BCUT2D eigenvalue weighted by atomic mass is 16.5. The average molecular weight is 264 g/mol. The van der Waals surface area contributed by atoms with E-state index in [1.165, 1.54) is 0 Å². The summed E-state index contributed by atoms with van der Waals surface area (Å²) < 4.78 is 4.91. The minimum absolute atomic E-state index is 0.268. The van der Waals surface area contributed by atoms with Crippen LogP contribution in [0.25, 0.3) is 0 Å². The summed E-state index contributed by atoms with van der Waals surface area (Å²) in [5.74, 6) is -0.834. The third-order valence-corrected chi connectivity index (χ3v) is 2.70. The Kier molecular flexibility index (Phi) is 5.85. The molecule has 0 saturated carbocycles. The van der Waals surface area contributed by atoms with E-state index in [0.29, 0.717) is 17.8 Å². The maximum Gasteiger partial charge on any atom is 0.338 e. The van der Waals surface area contributed by atoms with Gasteiger partial charge in [-0.15, -0.1) is 0 Å². The molecule has 0 aliphatic heterocycles. The monoisotopic (exact) mass is 264 g/mol. The molecule has 0 unspecified atom stereocenters. The predicted octanol–water partition coefficient (Wildman–Crippen LogP) is 1.65. The van der Waals surface area contributed by atoms with E-state index >= 15 is 0 Å². The number of hydrogen-bond acceptors (Lipinski definition) is 4. The van der Waals surface area contributed by atoms with E-state index in [-0.39, 0.29) is 12.5 Å². The first-order chi connectivity index (χ1) is 9.04. The quantitative estimate of drug-likeness (QED) is 0.465. The van der Waals surface area contributed by atoms with Crippen molar-refractivity contribution in [2.75, 3.05) is 18.9 Å². The summed E-state index contributed by atoms with van der Waals surface area (Å²) in [4.78, 5) is 23.0. The lowest BCUT2D eigenvalue weighted by Gasteiger charge is -2.07. The van der Waals surface area contributed by atoms with Crippen LogP contribution in [0.1, 0.15) is 35.7 Å². The van der Waals surface area contributed by atoms with Crippen LogP contribution in [0.4, 0.5) is 5.69 Å². The number of nitrogen functional groups attached to an aromatic ring is 1. The minimum atomic E-state index is -0.544. The molecule has 0 aliphatic rings. The fourth-order valence-electron chi connectivity index (χ4n) is 1.44. The molecule has 0 fully saturated rings. The molecule has 1 aromatic carbocycles. The molecule has 5 heteroatoms. The van der Waals surface area contributed by atoms with Crippen LogP contribution in [0.2, 0.25) is 0 Å². The zero-order valence-corrected chi connectivity index (χ0v) is 11.4. The van der Waals surface area contributed by atoms with Crippen molar-refractivity contribution in [2.24, 2.45) is 0 Å². The molecule has 1 amide bonds. The van der Waals surface area contributed by atoms with Gasteiger partial charge in [0.2, 0.25) is 0 Å². The van der Waals surface area contributed by atoms with Crippen LogP contribution < -0.4 is 11.1 Å². The minimum Gasteiger partial charge on any atom is -0.452 e. The Labute approximate surface area is 113 Å². The number of rotatable bonds is 6. The van der Waals surface area contributed by atoms with Crippen molar-refractivity contribution in [3.63, 3.8) is 0 Å². The lowest BCUT2D eigenvalue weighted by atomic mass is 10.1. The number of carbonyl (C=O) groups excluding carboxylic acids is 2. The van der Waals surface area contributed by atoms with Gasteiger partial charge in [0.25, 0.3) is 5.91 Å². The van der Waals surface area contributed by atoms with Crippen LogP contribution >= 0.6 is 0 Å². The number of ether oxygens (including phenoxy) is 1. The Morgan fingerprint density at radius 2 is 2.11 bits per heavy atom. The highest BCUT2D eigenvalue weighted by Crippen LogP contribution is 2.13. The van der Waals surface area contributed by atoms with Gasteiger partial charge >= 0.3 is 5.97 Å². The van der Waals surface area contributed by atoms with Crippen molar-refractivity contribution in [2.45, 2.75) is 26.7 Å². The van der Waals surface area contributed by atoms with Crippen molar-refractivity contribution in [1.29, 1.82) is 0 Å². The Bertz CT molecular complexity index is 458. The van der Waals surface area contributed by atoms with Crippen molar-refractivity contribution < 1.29 is 14.3 Å². The van der Waals surface area contributed by atoms with Crippen molar-refractivity contribution in [3.05, 3.63) is 29.3 Å². The largest absolute Gasteiger partial charge is 0.452 e. The lowest BCUT2D eigenvalue weighted by molar-refractivity contribution is -0.124. The Hall–Kier alpha value is -2.04. The van der Waals surface area contributed by atoms with E-state index in [0.717, 1.165) is 18.4 Å². The van der Waals surface area contributed by atoms with Gasteiger partial charge in [-0.1, -0.05) is 19.4 Å². The number of benzene rings is 1. The number of nitrogens with one attached hydrogen (secondary N) is 1. The van der Waals surface area contributed by atoms with Gasteiger partial charge in [-0.25, -0.2) is 4.79 Å². The second kappa shape index (κ2) is 7.41. The third kappa shape index (κ3) is 4.99. The maximum atomic E-state index is 11.7. The zero-order valence-electron chi connectivity index (χ0n) is 11.4. The van der Waals surface area contributed by atoms with Gasteiger partial charge in [0, 0.05) is 12.2 Å². The molecule has 5 nitrogen and oxygen atoms in total. The number of esters is 1. The molecule has 19 heavy (non-hydrogen) atoms. The molecular formula is C14H20N2O3. The first-order valence-electron chi connectivity index (χ1n) is 6.34. The summed E-state index contributed by atoms with van der Waals surface area (Å²) in [6.45, 7) is 4.22. The highest BCUT2D eigenvalue weighted by Gasteiger charge is 2.10. The number of nitrogens with two attached hydrogens (primary N) is 1. The van der Waals surface area contributed by atoms with E-state index in [4.69, 9.17) is 10.5 Å². The number of anilines is 1. The van der Waals surface area contributed by atoms with Crippen LogP contribution in [0.15, 0.2) is 18.2 Å². The fourth-order valence-corrected chi connectivity index (χ4v) is 1.44. The summed E-state index contributed by atoms with van der Waals surface area (Å²) >= 11 is 0. The second-order valence-electron chi connectivity index (χ2n) is 4.35. The van der Waals surface area contributed by atoms with Crippen LogP contribution in [0.5, 0.6) is 0 Å². The van der Waals surface area contributed by atoms with Gasteiger partial charge in [0.15, 0.2) is 6.61 Å². The van der Waals surface area contributed by atoms with Gasteiger partial charge in [0.05, 0.1) is 5.56 Å². The summed E-state index contributed by atoms with van der Waals surface area (Å²) in [5, 5.41) is 2.67. The van der Waals surface area contributed by atoms with Crippen LogP contribution in [-0.4, -0.2) is 25.0 Å². The molecule has 1 aromatic rings. The number of unbranched alkanes of at least 4 members (excludes halogenated alkanes) is 1. The lowest BCUT2D eigenvalue weighted by Crippen LogP contribution is -2.29. The third-order valence-electron chi connectivity index (χ3n) is 2.70. The maximum absolute atomic E-state index is 11.7.